The fourth-order valence-corrected chi connectivity index (χ4v) is 4.84. The number of hydrogen-bond acceptors (Lipinski definition) is 4. The molecule has 0 amide bonds. The van der Waals surface area contributed by atoms with Crippen molar-refractivity contribution in [2.75, 3.05) is 39.9 Å². The second-order valence-corrected chi connectivity index (χ2v) is 7.95. The monoisotopic (exact) mass is 340 g/mol. The van der Waals surface area contributed by atoms with Crippen molar-refractivity contribution in [3.05, 3.63) is 29.8 Å². The second-order valence-electron chi connectivity index (χ2n) is 6.02. The zero-order valence-electron chi connectivity index (χ0n) is 13.5. The Morgan fingerprint density at radius 1 is 1.13 bits per heavy atom. The van der Waals surface area contributed by atoms with Crippen LogP contribution in [0.5, 0.6) is 5.75 Å². The van der Waals surface area contributed by atoms with Gasteiger partial charge in [0, 0.05) is 26.2 Å². The first-order chi connectivity index (χ1) is 11.1. The maximum absolute atomic E-state index is 12.6. The van der Waals surface area contributed by atoms with Crippen LogP contribution in [0, 0.1) is 0 Å². The van der Waals surface area contributed by atoms with Crippen LogP contribution in [0.1, 0.15) is 18.4 Å². The van der Waals surface area contributed by atoms with E-state index in [2.05, 4.69) is 0 Å². The number of hydrogen-bond donors (Lipinski definition) is 0. The lowest BCUT2D eigenvalue weighted by Crippen LogP contribution is -2.51. The molecule has 2 saturated heterocycles. The van der Waals surface area contributed by atoms with Gasteiger partial charge in [-0.15, -0.1) is 0 Å². The van der Waals surface area contributed by atoms with Crippen LogP contribution in [0.3, 0.4) is 0 Å². The van der Waals surface area contributed by atoms with Crippen molar-refractivity contribution >= 4 is 10.2 Å². The van der Waals surface area contributed by atoms with Gasteiger partial charge in [0.2, 0.25) is 0 Å². The maximum atomic E-state index is 12.6. The van der Waals surface area contributed by atoms with Crippen LogP contribution in [0.15, 0.2) is 24.3 Å². The Bertz CT molecular complexity index is 611. The molecule has 6 nitrogen and oxygen atoms in total. The molecule has 2 aliphatic rings. The molecule has 0 spiro atoms. The summed E-state index contributed by atoms with van der Waals surface area (Å²) in [5.74, 6) is 0.816. The van der Waals surface area contributed by atoms with E-state index in [0.717, 1.165) is 24.2 Å². The predicted octanol–water partition coefficient (Wildman–Crippen LogP) is 1.28. The molecule has 1 aromatic rings. The summed E-state index contributed by atoms with van der Waals surface area (Å²) in [4.78, 5) is 0. The van der Waals surface area contributed by atoms with E-state index in [1.165, 1.54) is 0 Å². The van der Waals surface area contributed by atoms with E-state index in [1.807, 2.05) is 24.3 Å². The van der Waals surface area contributed by atoms with Gasteiger partial charge in [-0.25, -0.2) is 0 Å². The van der Waals surface area contributed by atoms with E-state index in [0.29, 0.717) is 39.2 Å². The standard InChI is InChI=1S/C16H24N2O4S/c1-21-15-6-4-14(5-7-15)12-16-13-18(10-11-22-16)23(19,20)17-8-2-3-9-17/h4-7,16H,2-3,8-13H2,1H3/t16-/m1/s1. The number of rotatable bonds is 5. The molecule has 23 heavy (non-hydrogen) atoms. The average Bonchev–Trinajstić information content (AvgIpc) is 3.11. The number of morpholine rings is 1. The highest BCUT2D eigenvalue weighted by molar-refractivity contribution is 7.86. The number of ether oxygens (including phenoxy) is 2. The van der Waals surface area contributed by atoms with Crippen molar-refractivity contribution in [3.63, 3.8) is 0 Å². The van der Waals surface area contributed by atoms with Gasteiger partial charge >= 0.3 is 0 Å². The Labute approximate surface area is 138 Å². The van der Waals surface area contributed by atoms with Gasteiger partial charge in [0.05, 0.1) is 19.8 Å². The lowest BCUT2D eigenvalue weighted by molar-refractivity contribution is -0.00204. The van der Waals surface area contributed by atoms with E-state index in [-0.39, 0.29) is 6.10 Å². The summed E-state index contributed by atoms with van der Waals surface area (Å²) in [6.07, 6.45) is 2.52. The molecule has 0 aromatic heterocycles. The van der Waals surface area contributed by atoms with Gasteiger partial charge in [0.1, 0.15) is 5.75 Å². The van der Waals surface area contributed by atoms with Crippen molar-refractivity contribution in [2.24, 2.45) is 0 Å². The Balaban J connectivity index is 1.63. The Hall–Kier alpha value is -1.15. The summed E-state index contributed by atoms with van der Waals surface area (Å²) < 4.78 is 39.4. The molecule has 0 unspecified atom stereocenters. The maximum Gasteiger partial charge on any atom is 0.282 e. The molecule has 1 atom stereocenters. The largest absolute Gasteiger partial charge is 0.497 e. The Morgan fingerprint density at radius 3 is 2.48 bits per heavy atom. The van der Waals surface area contributed by atoms with E-state index < -0.39 is 10.2 Å². The Morgan fingerprint density at radius 2 is 1.83 bits per heavy atom. The van der Waals surface area contributed by atoms with Crippen molar-refractivity contribution < 1.29 is 17.9 Å². The van der Waals surface area contributed by atoms with E-state index >= 15 is 0 Å². The molecular weight excluding hydrogens is 316 g/mol. The predicted molar refractivity (Wildman–Crippen MR) is 87.7 cm³/mol. The van der Waals surface area contributed by atoms with E-state index in [1.54, 1.807) is 15.7 Å². The quantitative estimate of drug-likeness (QED) is 0.810. The normalized spacial score (nSPS) is 24.0. The fraction of sp³-hybridized carbons (Fsp3) is 0.625. The van der Waals surface area contributed by atoms with Gasteiger partial charge in [-0.1, -0.05) is 12.1 Å². The molecule has 7 heteroatoms. The zero-order valence-corrected chi connectivity index (χ0v) is 14.3. The highest BCUT2D eigenvalue weighted by Gasteiger charge is 2.35. The molecule has 0 aliphatic carbocycles. The van der Waals surface area contributed by atoms with Gasteiger partial charge in [-0.2, -0.15) is 17.0 Å². The minimum absolute atomic E-state index is 0.102. The van der Waals surface area contributed by atoms with Crippen LogP contribution >= 0.6 is 0 Å². The number of nitrogens with zero attached hydrogens (tertiary/aromatic N) is 2. The van der Waals surface area contributed by atoms with E-state index in [4.69, 9.17) is 9.47 Å². The molecule has 0 bridgehead atoms. The summed E-state index contributed by atoms with van der Waals surface area (Å²) in [5.41, 5.74) is 1.12. The van der Waals surface area contributed by atoms with E-state index in [9.17, 15) is 8.42 Å². The first-order valence-electron chi connectivity index (χ1n) is 8.09. The third-order valence-corrected chi connectivity index (χ3v) is 6.44. The minimum atomic E-state index is -3.33. The second kappa shape index (κ2) is 7.17. The molecule has 3 rings (SSSR count). The fourth-order valence-electron chi connectivity index (χ4n) is 3.13. The molecule has 2 heterocycles. The third kappa shape index (κ3) is 3.85. The first-order valence-corrected chi connectivity index (χ1v) is 9.49. The third-order valence-electron chi connectivity index (χ3n) is 4.44. The Kier molecular flexibility index (Phi) is 5.21. The minimum Gasteiger partial charge on any atom is -0.497 e. The molecular formula is C16H24N2O4S. The molecule has 2 aliphatic heterocycles. The summed E-state index contributed by atoms with van der Waals surface area (Å²) in [6, 6.07) is 7.82. The van der Waals surface area contributed by atoms with Crippen LogP contribution in [0.25, 0.3) is 0 Å². The summed E-state index contributed by atoms with van der Waals surface area (Å²) >= 11 is 0. The molecule has 2 fully saturated rings. The molecule has 0 radical (unpaired) electrons. The van der Waals surface area contributed by atoms with Crippen LogP contribution in [-0.2, 0) is 21.4 Å². The highest BCUT2D eigenvalue weighted by Crippen LogP contribution is 2.21. The summed E-state index contributed by atoms with van der Waals surface area (Å²) in [7, 11) is -1.69. The number of methoxy groups -OCH3 is 1. The van der Waals surface area contributed by atoms with Gasteiger partial charge in [0.25, 0.3) is 10.2 Å². The van der Waals surface area contributed by atoms with Crippen molar-refractivity contribution in [1.29, 1.82) is 0 Å². The van der Waals surface area contributed by atoms with Crippen LogP contribution in [0.2, 0.25) is 0 Å². The van der Waals surface area contributed by atoms with Gasteiger partial charge in [-0.05, 0) is 37.0 Å². The van der Waals surface area contributed by atoms with Crippen molar-refractivity contribution in [1.82, 2.24) is 8.61 Å². The lowest BCUT2D eigenvalue weighted by Gasteiger charge is -2.34. The SMILES string of the molecule is COc1ccc(C[C@@H]2CN(S(=O)(=O)N3CCCC3)CCO2)cc1. The van der Waals surface area contributed by atoms with Gasteiger partial charge < -0.3 is 9.47 Å². The van der Waals surface area contributed by atoms with Crippen molar-refractivity contribution in [2.45, 2.75) is 25.4 Å². The smallest absolute Gasteiger partial charge is 0.282 e. The summed E-state index contributed by atoms with van der Waals surface area (Å²) in [5, 5.41) is 0. The molecule has 1 aromatic carbocycles. The average molecular weight is 340 g/mol. The highest BCUT2D eigenvalue weighted by atomic mass is 32.2. The van der Waals surface area contributed by atoms with Crippen molar-refractivity contribution in [3.8, 4) is 5.75 Å². The van der Waals surface area contributed by atoms with Gasteiger partial charge in [-0.3, -0.25) is 0 Å². The summed E-state index contributed by atoms with van der Waals surface area (Å²) in [6.45, 7) is 2.60. The number of benzene rings is 1. The molecule has 128 valence electrons. The lowest BCUT2D eigenvalue weighted by atomic mass is 10.1. The zero-order chi connectivity index (χ0) is 16.3. The topological polar surface area (TPSA) is 59.1 Å². The van der Waals surface area contributed by atoms with Crippen LogP contribution < -0.4 is 4.74 Å². The first kappa shape index (κ1) is 16.7. The molecule has 0 N–H and O–H groups in total. The molecule has 0 saturated carbocycles. The van der Waals surface area contributed by atoms with Gasteiger partial charge in [0.15, 0.2) is 0 Å². The van der Waals surface area contributed by atoms with Crippen LogP contribution in [0.4, 0.5) is 0 Å². The van der Waals surface area contributed by atoms with Crippen LogP contribution in [-0.4, -0.2) is 63.0 Å².